The second-order valence-electron chi connectivity index (χ2n) is 5.60. The van der Waals surface area contributed by atoms with Crippen LogP contribution in [0.5, 0.6) is 0 Å². The van der Waals surface area contributed by atoms with Crippen molar-refractivity contribution in [3.8, 4) is 0 Å². The van der Waals surface area contributed by atoms with Crippen LogP contribution < -0.4 is 5.73 Å². The smallest absolute Gasteiger partial charge is 0.321 e. The van der Waals surface area contributed by atoms with E-state index in [4.69, 9.17) is 19.7 Å². The maximum absolute atomic E-state index is 9.32. The highest BCUT2D eigenvalue weighted by molar-refractivity contribution is 8.06. The van der Waals surface area contributed by atoms with E-state index in [1.165, 1.54) is 18.7 Å². The molecular formula is C13H18N5O5PS. The Bertz CT molecular complexity index is 841. The number of nitrogens with two attached hydrogens (primary N) is 1. The van der Waals surface area contributed by atoms with Crippen LogP contribution in [0.15, 0.2) is 25.3 Å². The normalized spacial score (nSPS) is 27.0. The zero-order chi connectivity index (χ0) is 18.2. The number of anilines is 1. The average molecular weight is 387 g/mol. The third-order valence-corrected chi connectivity index (χ3v) is 4.81. The zero-order valence-electron chi connectivity index (χ0n) is 13.3. The molecule has 0 amide bonds. The average Bonchev–Trinajstić information content (AvgIpc) is 3.15. The lowest BCUT2D eigenvalue weighted by Crippen LogP contribution is -2.31. The monoisotopic (exact) mass is 387 g/mol. The van der Waals surface area contributed by atoms with E-state index >= 15 is 0 Å². The molecular weight excluding hydrogens is 369 g/mol. The van der Waals surface area contributed by atoms with Crippen molar-refractivity contribution < 1.29 is 23.8 Å². The van der Waals surface area contributed by atoms with Crippen LogP contribution in [0.3, 0.4) is 0 Å². The summed E-state index contributed by atoms with van der Waals surface area (Å²) in [4.78, 5) is 31.0. The maximum Gasteiger partial charge on any atom is 0.321 e. The lowest BCUT2D eigenvalue weighted by molar-refractivity contribution is -0.0860. The number of imidazole rings is 1. The van der Waals surface area contributed by atoms with Crippen molar-refractivity contribution in [2.45, 2.75) is 24.4 Å². The minimum Gasteiger partial charge on any atom is -0.382 e. The molecule has 25 heavy (non-hydrogen) atoms. The fourth-order valence-electron chi connectivity index (χ4n) is 2.77. The van der Waals surface area contributed by atoms with Crippen molar-refractivity contribution in [3.05, 3.63) is 25.3 Å². The molecule has 12 heteroatoms. The standard InChI is InChI=1S/C13H18N5O5PS/c1-3-13(5-22-24(19,20)25)4-8(21-2)12(23-13)18-7-17-9-10(14)15-6-16-11(9)18/h3,6-8,12H,1,4-5H2,2H3,(H2,14,15,16)(H2,19,20,25)/t8-,12-,13+/m1/s1. The van der Waals surface area contributed by atoms with Crippen LogP contribution in [0.4, 0.5) is 5.82 Å². The van der Waals surface area contributed by atoms with Gasteiger partial charge in [0, 0.05) is 13.5 Å². The Labute approximate surface area is 148 Å². The third kappa shape index (κ3) is 3.58. The molecule has 3 atom stereocenters. The van der Waals surface area contributed by atoms with Crippen LogP contribution in [-0.4, -0.2) is 54.7 Å². The molecule has 1 aliphatic heterocycles. The Balaban J connectivity index is 1.94. The fraction of sp³-hybridized carbons (Fsp3) is 0.462. The molecule has 0 radical (unpaired) electrons. The molecule has 3 rings (SSSR count). The number of methoxy groups -OCH3 is 1. The Morgan fingerprint density at radius 1 is 1.56 bits per heavy atom. The van der Waals surface area contributed by atoms with Crippen molar-refractivity contribution in [1.82, 2.24) is 19.5 Å². The zero-order valence-corrected chi connectivity index (χ0v) is 15.1. The van der Waals surface area contributed by atoms with Gasteiger partial charge in [-0.2, -0.15) is 0 Å². The highest BCUT2D eigenvalue weighted by atomic mass is 32.5. The SMILES string of the molecule is C=C[C@@]1(COP(O)(O)=S)C[C@@H](OC)[C@H](n2cnc3c(N)ncnc32)O1. The predicted molar refractivity (Wildman–Crippen MR) is 92.9 cm³/mol. The van der Waals surface area contributed by atoms with Crippen LogP contribution in [-0.2, 0) is 25.8 Å². The van der Waals surface area contributed by atoms with Gasteiger partial charge in [-0.05, 0) is 11.8 Å². The summed E-state index contributed by atoms with van der Waals surface area (Å²) >= 11 is 4.49. The Morgan fingerprint density at radius 3 is 2.96 bits per heavy atom. The molecule has 2 aromatic heterocycles. The summed E-state index contributed by atoms with van der Waals surface area (Å²) < 4.78 is 18.3. The van der Waals surface area contributed by atoms with Crippen molar-refractivity contribution in [1.29, 1.82) is 0 Å². The quantitative estimate of drug-likeness (QED) is 0.474. The first-order valence-electron chi connectivity index (χ1n) is 7.26. The van der Waals surface area contributed by atoms with Crippen LogP contribution in [0.1, 0.15) is 12.6 Å². The number of ether oxygens (including phenoxy) is 2. The van der Waals surface area contributed by atoms with Crippen LogP contribution in [0, 0.1) is 0 Å². The molecule has 3 heterocycles. The van der Waals surface area contributed by atoms with E-state index < -0.39 is 18.5 Å². The molecule has 10 nitrogen and oxygen atoms in total. The van der Waals surface area contributed by atoms with Gasteiger partial charge < -0.3 is 29.5 Å². The van der Waals surface area contributed by atoms with E-state index in [0.29, 0.717) is 17.6 Å². The third-order valence-electron chi connectivity index (χ3n) is 4.03. The molecule has 0 bridgehead atoms. The van der Waals surface area contributed by atoms with Gasteiger partial charge in [0.05, 0.1) is 12.9 Å². The number of hydrogen-bond acceptors (Lipinski definition) is 8. The number of fused-ring (bicyclic) bond motifs is 1. The summed E-state index contributed by atoms with van der Waals surface area (Å²) in [6, 6.07) is 0. The largest absolute Gasteiger partial charge is 0.382 e. The molecule has 1 saturated heterocycles. The molecule has 136 valence electrons. The van der Waals surface area contributed by atoms with Gasteiger partial charge in [0.15, 0.2) is 17.7 Å². The lowest BCUT2D eigenvalue weighted by atomic mass is 10.00. The summed E-state index contributed by atoms with van der Waals surface area (Å²) in [5, 5.41) is 0. The predicted octanol–water partition coefficient (Wildman–Crippen LogP) is 0.493. The van der Waals surface area contributed by atoms with Gasteiger partial charge in [-0.15, -0.1) is 6.58 Å². The van der Waals surface area contributed by atoms with E-state index in [9.17, 15) is 9.79 Å². The Morgan fingerprint density at radius 2 is 2.32 bits per heavy atom. The van der Waals surface area contributed by atoms with E-state index in [-0.39, 0.29) is 18.5 Å². The number of hydrogen-bond donors (Lipinski definition) is 3. The van der Waals surface area contributed by atoms with Crippen molar-refractivity contribution in [2.75, 3.05) is 19.5 Å². The molecule has 0 aromatic carbocycles. The molecule has 1 fully saturated rings. The first-order valence-corrected chi connectivity index (χ1v) is 9.88. The van der Waals surface area contributed by atoms with Crippen LogP contribution in [0.2, 0.25) is 0 Å². The van der Waals surface area contributed by atoms with Crippen LogP contribution in [0.25, 0.3) is 11.2 Å². The number of aromatic nitrogens is 4. The molecule has 0 unspecified atom stereocenters. The van der Waals surface area contributed by atoms with Gasteiger partial charge in [0.1, 0.15) is 23.5 Å². The fourth-order valence-corrected chi connectivity index (χ4v) is 3.32. The van der Waals surface area contributed by atoms with Crippen molar-refractivity contribution >= 4 is 35.5 Å². The van der Waals surface area contributed by atoms with Crippen LogP contribution >= 0.6 is 6.72 Å². The lowest BCUT2D eigenvalue weighted by Gasteiger charge is -2.26. The first kappa shape index (κ1) is 18.3. The number of rotatable bonds is 6. The minimum atomic E-state index is -3.82. The molecule has 4 N–H and O–H groups in total. The van der Waals surface area contributed by atoms with E-state index in [0.717, 1.165) is 0 Å². The van der Waals surface area contributed by atoms with E-state index in [2.05, 4.69) is 33.3 Å². The van der Waals surface area contributed by atoms with E-state index in [1.54, 1.807) is 11.7 Å². The second-order valence-corrected chi connectivity index (χ2v) is 8.27. The Kier molecular flexibility index (Phi) is 4.91. The topological polar surface area (TPSA) is 138 Å². The van der Waals surface area contributed by atoms with Gasteiger partial charge in [0.2, 0.25) is 0 Å². The van der Waals surface area contributed by atoms with Gasteiger partial charge >= 0.3 is 6.72 Å². The minimum absolute atomic E-state index is 0.166. The van der Waals surface area contributed by atoms with Gasteiger partial charge in [0.25, 0.3) is 0 Å². The van der Waals surface area contributed by atoms with E-state index in [1.807, 2.05) is 0 Å². The molecule has 1 aliphatic rings. The summed E-state index contributed by atoms with van der Waals surface area (Å²) in [5.41, 5.74) is 5.76. The molecule has 2 aromatic rings. The van der Waals surface area contributed by atoms with Gasteiger partial charge in [-0.1, -0.05) is 6.08 Å². The summed E-state index contributed by atoms with van der Waals surface area (Å²) in [5.74, 6) is 0.260. The number of nitrogen functional groups attached to an aromatic ring is 1. The van der Waals surface area contributed by atoms with Gasteiger partial charge in [-0.3, -0.25) is 4.57 Å². The molecule has 0 aliphatic carbocycles. The summed E-state index contributed by atoms with van der Waals surface area (Å²) in [7, 11) is 1.55. The van der Waals surface area contributed by atoms with Gasteiger partial charge in [-0.25, -0.2) is 15.0 Å². The molecule has 0 spiro atoms. The summed E-state index contributed by atoms with van der Waals surface area (Å²) in [6.45, 7) is -0.224. The van der Waals surface area contributed by atoms with Crippen molar-refractivity contribution in [2.24, 2.45) is 0 Å². The van der Waals surface area contributed by atoms with Crippen molar-refractivity contribution in [3.63, 3.8) is 0 Å². The number of nitrogens with zero attached hydrogens (tertiary/aromatic N) is 4. The Hall–Kier alpha value is -1.46. The summed E-state index contributed by atoms with van der Waals surface area (Å²) in [6.07, 6.45) is 3.80. The maximum atomic E-state index is 9.32. The molecule has 0 saturated carbocycles. The second kappa shape index (κ2) is 6.69. The highest BCUT2D eigenvalue weighted by Gasteiger charge is 2.47. The highest BCUT2D eigenvalue weighted by Crippen LogP contribution is 2.44. The first-order chi connectivity index (χ1) is 11.8.